The maximum atomic E-state index is 7.33. The van der Waals surface area contributed by atoms with Gasteiger partial charge in [0.2, 0.25) is 0 Å². The molecule has 0 saturated carbocycles. The smallest absolute Gasteiger partial charge is 0.160 e. The molecule has 1 spiro atoms. The molecule has 1 aromatic heterocycles. The fourth-order valence-corrected chi connectivity index (χ4v) is 10.8. The minimum Gasteiger partial charge on any atom is -0.453 e. The van der Waals surface area contributed by atoms with E-state index in [-0.39, 0.29) is 0 Å². The molecule has 0 atom stereocenters. The van der Waals surface area contributed by atoms with Crippen molar-refractivity contribution in [3.8, 4) is 44.5 Å². The first kappa shape index (κ1) is 34.0. The molecule has 61 heavy (non-hydrogen) atoms. The average Bonchev–Trinajstić information content (AvgIpc) is 3.97. The lowest BCUT2D eigenvalue weighted by molar-refractivity contribution is 0.670. The van der Waals surface area contributed by atoms with E-state index in [2.05, 4.69) is 229 Å². The van der Waals surface area contributed by atoms with E-state index in [1.54, 1.807) is 0 Å². The SMILES string of the molecule is c1ccc(-c2ccccc2N(c2ccc3c(c2)C2(c4ccccc4-c4ccccc42)c2ccccc2-3)c2cc3ccccc3c3c2oc2c(-c4ccccc4)cccc23)cc1. The maximum Gasteiger partial charge on any atom is 0.160 e. The Morgan fingerprint density at radius 1 is 0.328 bits per heavy atom. The summed E-state index contributed by atoms with van der Waals surface area (Å²) >= 11 is 0. The van der Waals surface area contributed by atoms with Crippen LogP contribution in [0, 0.1) is 0 Å². The van der Waals surface area contributed by atoms with Crippen molar-refractivity contribution in [3.05, 3.63) is 247 Å². The van der Waals surface area contributed by atoms with Crippen molar-refractivity contribution in [2.45, 2.75) is 5.41 Å². The Kier molecular flexibility index (Phi) is 7.26. The van der Waals surface area contributed by atoms with E-state index >= 15 is 0 Å². The van der Waals surface area contributed by atoms with Crippen molar-refractivity contribution in [2.75, 3.05) is 4.90 Å². The number of furan rings is 1. The van der Waals surface area contributed by atoms with Crippen molar-refractivity contribution in [2.24, 2.45) is 0 Å². The van der Waals surface area contributed by atoms with Gasteiger partial charge in [-0.3, -0.25) is 0 Å². The quantitative estimate of drug-likeness (QED) is 0.173. The predicted molar refractivity (Wildman–Crippen MR) is 253 cm³/mol. The average molecular weight is 776 g/mol. The molecular weight excluding hydrogens is 739 g/mol. The third-order valence-electron chi connectivity index (χ3n) is 13.3. The van der Waals surface area contributed by atoms with Gasteiger partial charge in [0.15, 0.2) is 5.58 Å². The summed E-state index contributed by atoms with van der Waals surface area (Å²) in [5.74, 6) is 0. The summed E-state index contributed by atoms with van der Waals surface area (Å²) in [5.41, 5.74) is 19.3. The standard InChI is InChI=1S/C59H37NO/c1-3-18-38(19-4-1)42-23-12-16-33-54(42)60(55-36-40-22-7-8-24-43(40)56-49-29-17-28-44(57(49)61-58(55)56)39-20-5-2-6-21-39)41-34-35-48-47-27-11-15-32-52(47)59(53(48)37-41)50-30-13-9-25-45(50)46-26-10-14-31-51(46)59/h1-37H. The fraction of sp³-hybridized carbons (Fsp3) is 0.0169. The van der Waals surface area contributed by atoms with Crippen LogP contribution in [0.25, 0.3) is 77.2 Å². The van der Waals surface area contributed by atoms with E-state index in [4.69, 9.17) is 4.42 Å². The molecule has 284 valence electrons. The van der Waals surface area contributed by atoms with E-state index in [1.165, 1.54) is 49.9 Å². The molecule has 0 bridgehead atoms. The second-order valence-electron chi connectivity index (χ2n) is 16.3. The lowest BCUT2D eigenvalue weighted by atomic mass is 9.70. The summed E-state index contributed by atoms with van der Waals surface area (Å²) in [6.45, 7) is 0. The van der Waals surface area contributed by atoms with E-state index in [1.807, 2.05) is 0 Å². The molecular formula is C59H37NO. The highest BCUT2D eigenvalue weighted by Gasteiger charge is 2.51. The van der Waals surface area contributed by atoms with Gasteiger partial charge < -0.3 is 9.32 Å². The van der Waals surface area contributed by atoms with Crippen LogP contribution in [0.5, 0.6) is 0 Å². The fourth-order valence-electron chi connectivity index (χ4n) is 10.8. The summed E-state index contributed by atoms with van der Waals surface area (Å²) in [7, 11) is 0. The molecule has 11 aromatic rings. The van der Waals surface area contributed by atoms with Gasteiger partial charge in [0.1, 0.15) is 5.58 Å². The van der Waals surface area contributed by atoms with E-state index in [0.29, 0.717) is 0 Å². The third kappa shape index (κ3) is 4.73. The second kappa shape index (κ2) is 13.0. The molecule has 2 aliphatic carbocycles. The van der Waals surface area contributed by atoms with Crippen LogP contribution in [0.4, 0.5) is 17.1 Å². The maximum absolute atomic E-state index is 7.33. The molecule has 0 aliphatic heterocycles. The summed E-state index contributed by atoms with van der Waals surface area (Å²) in [5, 5.41) is 4.55. The van der Waals surface area contributed by atoms with E-state index < -0.39 is 5.41 Å². The Hall–Kier alpha value is -7.94. The summed E-state index contributed by atoms with van der Waals surface area (Å²) in [6.07, 6.45) is 0. The van der Waals surface area contributed by atoms with Gasteiger partial charge in [0.25, 0.3) is 0 Å². The van der Waals surface area contributed by atoms with Crippen LogP contribution in [-0.2, 0) is 5.41 Å². The highest BCUT2D eigenvalue weighted by atomic mass is 16.3. The van der Waals surface area contributed by atoms with Crippen LogP contribution < -0.4 is 4.90 Å². The van der Waals surface area contributed by atoms with Crippen LogP contribution >= 0.6 is 0 Å². The van der Waals surface area contributed by atoms with Gasteiger partial charge in [0.05, 0.1) is 16.8 Å². The predicted octanol–water partition coefficient (Wildman–Crippen LogP) is 15.9. The zero-order valence-corrected chi connectivity index (χ0v) is 33.2. The number of fused-ring (bicyclic) bond motifs is 15. The highest BCUT2D eigenvalue weighted by Crippen LogP contribution is 2.63. The first-order valence-corrected chi connectivity index (χ1v) is 21.1. The third-order valence-corrected chi connectivity index (χ3v) is 13.3. The van der Waals surface area contributed by atoms with Crippen molar-refractivity contribution < 1.29 is 4.42 Å². The normalized spacial score (nSPS) is 13.0. The summed E-state index contributed by atoms with van der Waals surface area (Å²) in [4.78, 5) is 2.46. The van der Waals surface area contributed by atoms with Gasteiger partial charge in [0, 0.05) is 27.6 Å². The molecule has 0 N–H and O–H groups in total. The van der Waals surface area contributed by atoms with Crippen LogP contribution in [0.3, 0.4) is 0 Å². The number of para-hydroxylation sites is 2. The molecule has 2 nitrogen and oxygen atoms in total. The molecule has 2 heteroatoms. The summed E-state index contributed by atoms with van der Waals surface area (Å²) in [6, 6.07) is 82.1. The molecule has 0 fully saturated rings. The van der Waals surface area contributed by atoms with Crippen molar-refractivity contribution in [1.29, 1.82) is 0 Å². The second-order valence-corrected chi connectivity index (χ2v) is 16.3. The number of benzene rings is 10. The molecule has 0 saturated heterocycles. The summed E-state index contributed by atoms with van der Waals surface area (Å²) < 4.78 is 7.33. The molecule has 2 aliphatic rings. The highest BCUT2D eigenvalue weighted by molar-refractivity contribution is 6.24. The van der Waals surface area contributed by atoms with Crippen molar-refractivity contribution in [1.82, 2.24) is 0 Å². The minimum absolute atomic E-state index is 0.484. The van der Waals surface area contributed by atoms with E-state index in [0.717, 1.165) is 66.6 Å². The van der Waals surface area contributed by atoms with Crippen LogP contribution in [0.1, 0.15) is 22.3 Å². The molecule has 1 heterocycles. The topological polar surface area (TPSA) is 16.4 Å². The van der Waals surface area contributed by atoms with Crippen LogP contribution in [0.2, 0.25) is 0 Å². The minimum atomic E-state index is -0.484. The van der Waals surface area contributed by atoms with Crippen molar-refractivity contribution >= 4 is 49.8 Å². The van der Waals surface area contributed by atoms with Gasteiger partial charge >= 0.3 is 0 Å². The zero-order chi connectivity index (χ0) is 40.1. The first-order chi connectivity index (χ1) is 30.3. The molecule has 0 radical (unpaired) electrons. The van der Waals surface area contributed by atoms with Crippen LogP contribution in [0.15, 0.2) is 229 Å². The number of hydrogen-bond donors (Lipinski definition) is 0. The Morgan fingerprint density at radius 2 is 0.836 bits per heavy atom. The lowest BCUT2D eigenvalue weighted by Crippen LogP contribution is -2.26. The van der Waals surface area contributed by atoms with Crippen molar-refractivity contribution in [3.63, 3.8) is 0 Å². The first-order valence-electron chi connectivity index (χ1n) is 21.1. The lowest BCUT2D eigenvalue weighted by Gasteiger charge is -2.32. The molecule has 13 rings (SSSR count). The van der Waals surface area contributed by atoms with Gasteiger partial charge in [-0.05, 0) is 90.7 Å². The Balaban J connectivity index is 1.16. The Morgan fingerprint density at radius 3 is 1.51 bits per heavy atom. The van der Waals surface area contributed by atoms with Gasteiger partial charge in [-0.1, -0.05) is 200 Å². The monoisotopic (exact) mass is 775 g/mol. The number of anilines is 3. The number of hydrogen-bond acceptors (Lipinski definition) is 2. The Bertz CT molecular complexity index is 3480. The molecule has 10 aromatic carbocycles. The largest absolute Gasteiger partial charge is 0.453 e. The van der Waals surface area contributed by atoms with Crippen LogP contribution in [-0.4, -0.2) is 0 Å². The number of rotatable bonds is 5. The van der Waals surface area contributed by atoms with Gasteiger partial charge in [-0.25, -0.2) is 0 Å². The molecule has 0 amide bonds. The molecule has 0 unspecified atom stereocenters. The van der Waals surface area contributed by atoms with Gasteiger partial charge in [-0.15, -0.1) is 0 Å². The number of nitrogens with zero attached hydrogens (tertiary/aromatic N) is 1. The van der Waals surface area contributed by atoms with E-state index in [9.17, 15) is 0 Å². The zero-order valence-electron chi connectivity index (χ0n) is 33.2. The Labute approximate surface area is 354 Å². The van der Waals surface area contributed by atoms with Gasteiger partial charge in [-0.2, -0.15) is 0 Å².